The molecule has 144 valence electrons. The summed E-state index contributed by atoms with van der Waals surface area (Å²) < 4.78 is 4.89. The van der Waals surface area contributed by atoms with Gasteiger partial charge in [-0.2, -0.15) is 5.26 Å². The minimum absolute atomic E-state index is 0.252. The third-order valence-electron chi connectivity index (χ3n) is 3.60. The second-order valence-corrected chi connectivity index (χ2v) is 6.67. The van der Waals surface area contributed by atoms with Crippen molar-refractivity contribution in [1.82, 2.24) is 5.32 Å². The molecule has 2 rings (SSSR count). The third-order valence-corrected chi connectivity index (χ3v) is 4.54. The highest BCUT2D eigenvalue weighted by Crippen LogP contribution is 2.26. The number of amides is 2. The first-order chi connectivity index (χ1) is 13.5. The number of esters is 1. The predicted molar refractivity (Wildman–Crippen MR) is 106 cm³/mol. The van der Waals surface area contributed by atoms with E-state index in [1.165, 1.54) is 11.8 Å². The number of carbonyl (C=O) groups is 3. The van der Waals surface area contributed by atoms with Crippen LogP contribution in [0.3, 0.4) is 0 Å². The molecule has 8 heteroatoms. The molecule has 0 spiro atoms. The van der Waals surface area contributed by atoms with Gasteiger partial charge in [0.05, 0.1) is 17.5 Å². The summed E-state index contributed by atoms with van der Waals surface area (Å²) in [5.41, 5.74) is 1.80. The van der Waals surface area contributed by atoms with E-state index < -0.39 is 18.5 Å². The van der Waals surface area contributed by atoms with Crippen molar-refractivity contribution >= 4 is 35.2 Å². The predicted octanol–water partition coefficient (Wildman–Crippen LogP) is 2.52. The molecule has 0 fully saturated rings. The molecule has 0 aliphatic carbocycles. The fraction of sp³-hybridized carbons (Fsp3) is 0.200. The van der Waals surface area contributed by atoms with Crippen LogP contribution in [0.1, 0.15) is 15.9 Å². The Hall–Kier alpha value is -3.31. The number of nitrogens with one attached hydrogen (secondary N) is 2. The Bertz CT molecular complexity index is 908. The lowest BCUT2D eigenvalue weighted by Gasteiger charge is -2.10. The Kier molecular flexibility index (Phi) is 8.06. The lowest BCUT2D eigenvalue weighted by molar-refractivity contribution is -0.146. The highest BCUT2D eigenvalue weighted by molar-refractivity contribution is 7.99. The van der Waals surface area contributed by atoms with Crippen LogP contribution < -0.4 is 10.6 Å². The highest BCUT2D eigenvalue weighted by Gasteiger charge is 2.13. The van der Waals surface area contributed by atoms with E-state index >= 15 is 0 Å². The summed E-state index contributed by atoms with van der Waals surface area (Å²) in [4.78, 5) is 36.6. The van der Waals surface area contributed by atoms with Crippen LogP contribution in [0.5, 0.6) is 0 Å². The number of ether oxygens (including phenoxy) is 1. The van der Waals surface area contributed by atoms with Crippen LogP contribution in [0.2, 0.25) is 0 Å². The average Bonchev–Trinajstić information content (AvgIpc) is 2.70. The minimum atomic E-state index is -0.718. The molecule has 2 aromatic rings. The second-order valence-electron chi connectivity index (χ2n) is 5.65. The fourth-order valence-corrected chi connectivity index (χ4v) is 2.93. The lowest BCUT2D eigenvalue weighted by atomic mass is 10.1. The van der Waals surface area contributed by atoms with Gasteiger partial charge in [0, 0.05) is 10.5 Å². The molecule has 0 saturated carbocycles. The van der Waals surface area contributed by atoms with Gasteiger partial charge in [0.2, 0.25) is 0 Å². The summed E-state index contributed by atoms with van der Waals surface area (Å²) in [5, 5.41) is 13.8. The first kappa shape index (κ1) is 21.0. The van der Waals surface area contributed by atoms with Gasteiger partial charge >= 0.3 is 5.97 Å². The van der Waals surface area contributed by atoms with Crippen molar-refractivity contribution in [1.29, 1.82) is 5.26 Å². The number of anilines is 1. The number of hydrogen-bond acceptors (Lipinski definition) is 6. The van der Waals surface area contributed by atoms with E-state index in [1.807, 2.05) is 12.1 Å². The van der Waals surface area contributed by atoms with E-state index in [-0.39, 0.29) is 18.2 Å². The molecular formula is C20H19N3O4S. The molecule has 0 unspecified atom stereocenters. The monoisotopic (exact) mass is 397 g/mol. The van der Waals surface area contributed by atoms with E-state index in [0.717, 1.165) is 10.5 Å². The maximum atomic E-state index is 12.0. The number of carbonyl (C=O) groups excluding carboxylic acids is 3. The van der Waals surface area contributed by atoms with Gasteiger partial charge < -0.3 is 15.4 Å². The molecule has 0 radical (unpaired) electrons. The molecule has 0 bridgehead atoms. The van der Waals surface area contributed by atoms with Crippen molar-refractivity contribution in [3.8, 4) is 6.07 Å². The van der Waals surface area contributed by atoms with Crippen LogP contribution in [0, 0.1) is 18.3 Å². The molecule has 2 aromatic carbocycles. The van der Waals surface area contributed by atoms with E-state index in [0.29, 0.717) is 11.3 Å². The molecule has 0 aromatic heterocycles. The minimum Gasteiger partial charge on any atom is -0.454 e. The zero-order chi connectivity index (χ0) is 20.4. The number of benzene rings is 2. The van der Waals surface area contributed by atoms with E-state index in [4.69, 9.17) is 10.00 Å². The molecule has 0 atom stereocenters. The maximum Gasteiger partial charge on any atom is 0.325 e. The Morgan fingerprint density at radius 3 is 2.57 bits per heavy atom. The summed E-state index contributed by atoms with van der Waals surface area (Å²) in [6, 6.07) is 16.1. The maximum absolute atomic E-state index is 12.0. The fourth-order valence-electron chi connectivity index (χ4n) is 2.26. The third kappa shape index (κ3) is 6.45. The molecule has 7 nitrogen and oxygen atoms in total. The van der Waals surface area contributed by atoms with Crippen molar-refractivity contribution < 1.29 is 19.1 Å². The number of nitrogens with zero attached hydrogens (tertiary/aromatic N) is 1. The molecular weight excluding hydrogens is 378 g/mol. The molecule has 2 N–H and O–H groups in total. The Morgan fingerprint density at radius 1 is 1.11 bits per heavy atom. The summed E-state index contributed by atoms with van der Waals surface area (Å²) in [5.74, 6) is -1.36. The van der Waals surface area contributed by atoms with E-state index in [9.17, 15) is 14.4 Å². The normalized spacial score (nSPS) is 9.86. The van der Waals surface area contributed by atoms with Crippen molar-refractivity contribution in [2.45, 2.75) is 11.8 Å². The van der Waals surface area contributed by atoms with Gasteiger partial charge in [-0.05, 0) is 30.7 Å². The van der Waals surface area contributed by atoms with Crippen molar-refractivity contribution in [3.63, 3.8) is 0 Å². The van der Waals surface area contributed by atoms with Crippen LogP contribution in [0.4, 0.5) is 5.69 Å². The largest absolute Gasteiger partial charge is 0.454 e. The Morgan fingerprint density at radius 2 is 1.82 bits per heavy atom. The number of hydrogen-bond donors (Lipinski definition) is 2. The van der Waals surface area contributed by atoms with E-state index in [2.05, 4.69) is 10.6 Å². The number of aryl methyl sites for hydroxylation is 1. The van der Waals surface area contributed by atoms with Gasteiger partial charge in [-0.15, -0.1) is 11.8 Å². The van der Waals surface area contributed by atoms with Crippen LogP contribution in [-0.2, 0) is 14.3 Å². The van der Waals surface area contributed by atoms with Gasteiger partial charge in [-0.25, -0.2) is 0 Å². The van der Waals surface area contributed by atoms with Gasteiger partial charge in [-0.3, -0.25) is 14.4 Å². The molecule has 0 aliphatic rings. The average molecular weight is 397 g/mol. The van der Waals surface area contributed by atoms with Gasteiger partial charge in [0.1, 0.15) is 6.54 Å². The highest BCUT2D eigenvalue weighted by atomic mass is 32.2. The van der Waals surface area contributed by atoms with Gasteiger partial charge in [-0.1, -0.05) is 30.3 Å². The molecule has 0 heterocycles. The van der Waals surface area contributed by atoms with Crippen LogP contribution in [-0.4, -0.2) is 36.7 Å². The van der Waals surface area contributed by atoms with Gasteiger partial charge in [0.15, 0.2) is 6.61 Å². The Balaban J connectivity index is 1.78. The van der Waals surface area contributed by atoms with Gasteiger partial charge in [0.25, 0.3) is 11.8 Å². The number of para-hydroxylation sites is 1. The molecule has 0 aliphatic heterocycles. The number of thioether (sulfide) groups is 1. The summed E-state index contributed by atoms with van der Waals surface area (Å²) in [6.45, 7) is 0.982. The Labute approximate surface area is 167 Å². The van der Waals surface area contributed by atoms with E-state index in [1.54, 1.807) is 49.4 Å². The smallest absolute Gasteiger partial charge is 0.325 e. The summed E-state index contributed by atoms with van der Waals surface area (Å²) >= 11 is 1.29. The van der Waals surface area contributed by atoms with Crippen LogP contribution in [0.25, 0.3) is 0 Å². The van der Waals surface area contributed by atoms with Crippen molar-refractivity contribution in [2.75, 3.05) is 24.2 Å². The summed E-state index contributed by atoms with van der Waals surface area (Å²) in [6.07, 6.45) is 0. The standard InChI is InChI=1S/C20H19N3O4S/c1-14-6-2-3-7-15(14)20(26)22-12-19(25)27-13-18(24)23-16-8-4-5-9-17(16)28-11-10-21/h2-9H,11-13H2,1H3,(H,22,26)(H,23,24). The number of nitriles is 1. The first-order valence-corrected chi connectivity index (χ1v) is 9.38. The van der Waals surface area contributed by atoms with Crippen molar-refractivity contribution in [3.05, 3.63) is 59.7 Å². The molecule has 28 heavy (non-hydrogen) atoms. The molecule has 0 saturated heterocycles. The second kappa shape index (κ2) is 10.7. The summed E-state index contributed by atoms with van der Waals surface area (Å²) in [7, 11) is 0. The topological polar surface area (TPSA) is 108 Å². The zero-order valence-corrected chi connectivity index (χ0v) is 16.0. The molecule has 2 amide bonds. The first-order valence-electron chi connectivity index (χ1n) is 8.39. The van der Waals surface area contributed by atoms with Crippen LogP contribution >= 0.6 is 11.8 Å². The lowest BCUT2D eigenvalue weighted by Crippen LogP contribution is -2.32. The SMILES string of the molecule is Cc1ccccc1C(=O)NCC(=O)OCC(=O)Nc1ccccc1SCC#N. The zero-order valence-electron chi connectivity index (χ0n) is 15.2. The van der Waals surface area contributed by atoms with Crippen LogP contribution in [0.15, 0.2) is 53.4 Å². The quantitative estimate of drug-likeness (QED) is 0.523. The van der Waals surface area contributed by atoms with Crippen molar-refractivity contribution in [2.24, 2.45) is 0 Å². The number of rotatable bonds is 8.